The van der Waals surface area contributed by atoms with Crippen LogP contribution >= 0.6 is 0 Å². The van der Waals surface area contributed by atoms with E-state index in [9.17, 15) is 9.59 Å². The van der Waals surface area contributed by atoms with Gasteiger partial charge in [-0.1, -0.05) is 35.9 Å². The number of hydrogen-bond acceptors (Lipinski definition) is 2. The van der Waals surface area contributed by atoms with E-state index in [4.69, 9.17) is 0 Å². The maximum atomic E-state index is 12.2. The van der Waals surface area contributed by atoms with E-state index in [1.165, 1.54) is 5.56 Å². The highest BCUT2D eigenvalue weighted by atomic mass is 16.2. The molecule has 1 fully saturated rings. The fourth-order valence-corrected chi connectivity index (χ4v) is 2.72. The Morgan fingerprint density at radius 2 is 2.00 bits per heavy atom. The lowest BCUT2D eigenvalue weighted by Crippen LogP contribution is -2.46. The average Bonchev–Trinajstić information content (AvgIpc) is 2.57. The third kappa shape index (κ3) is 3.93. The monoisotopic (exact) mass is 323 g/mol. The van der Waals surface area contributed by atoms with Crippen LogP contribution in [0.4, 0.5) is 16.2 Å². The van der Waals surface area contributed by atoms with Gasteiger partial charge < -0.3 is 10.6 Å². The Morgan fingerprint density at radius 3 is 2.75 bits per heavy atom. The van der Waals surface area contributed by atoms with Gasteiger partial charge in [0.2, 0.25) is 5.91 Å². The summed E-state index contributed by atoms with van der Waals surface area (Å²) in [5.74, 6) is -0.0703. The predicted octanol–water partition coefficient (Wildman–Crippen LogP) is 3.10. The zero-order valence-corrected chi connectivity index (χ0v) is 13.7. The molecule has 3 amide bonds. The molecule has 0 bridgehead atoms. The fourth-order valence-electron chi connectivity index (χ4n) is 2.72. The minimum atomic E-state index is -0.0932. The van der Waals surface area contributed by atoms with E-state index in [0.29, 0.717) is 25.2 Å². The molecule has 1 aliphatic heterocycles. The predicted molar refractivity (Wildman–Crippen MR) is 95.3 cm³/mol. The Labute approximate surface area is 141 Å². The number of carbonyl (C=O) groups is 2. The molecule has 124 valence electrons. The Hall–Kier alpha value is -2.82. The molecule has 0 spiro atoms. The van der Waals surface area contributed by atoms with Gasteiger partial charge in [-0.15, -0.1) is 0 Å². The lowest BCUT2D eigenvalue weighted by Gasteiger charge is -2.27. The van der Waals surface area contributed by atoms with E-state index < -0.39 is 0 Å². The van der Waals surface area contributed by atoms with Crippen molar-refractivity contribution in [2.45, 2.75) is 19.8 Å². The van der Waals surface area contributed by atoms with Crippen LogP contribution in [0.5, 0.6) is 0 Å². The number of benzene rings is 2. The first-order valence-corrected chi connectivity index (χ1v) is 8.13. The normalized spacial score (nSPS) is 14.2. The summed E-state index contributed by atoms with van der Waals surface area (Å²) in [6.45, 7) is 3.42. The van der Waals surface area contributed by atoms with Crippen molar-refractivity contribution in [3.63, 3.8) is 0 Å². The zero-order valence-electron chi connectivity index (χ0n) is 13.7. The zero-order chi connectivity index (χ0) is 16.9. The molecular weight excluding hydrogens is 302 g/mol. The van der Waals surface area contributed by atoms with Crippen molar-refractivity contribution in [3.8, 4) is 0 Å². The maximum Gasteiger partial charge on any atom is 0.321 e. The summed E-state index contributed by atoms with van der Waals surface area (Å²) < 4.78 is 0. The van der Waals surface area contributed by atoms with E-state index in [0.717, 1.165) is 17.7 Å². The molecule has 5 heteroatoms. The van der Waals surface area contributed by atoms with Crippen molar-refractivity contribution < 1.29 is 9.59 Å². The molecule has 24 heavy (non-hydrogen) atoms. The molecule has 2 aromatic carbocycles. The summed E-state index contributed by atoms with van der Waals surface area (Å²) in [6.07, 6.45) is 1.24. The van der Waals surface area contributed by atoms with Crippen LogP contribution in [-0.4, -0.2) is 25.0 Å². The SMILES string of the molecule is Cc1ccc(CC(=O)Nc2cccc(N3CCCNC3=O)c2)cc1. The molecular formula is C19H21N3O2. The Morgan fingerprint density at radius 1 is 1.21 bits per heavy atom. The molecule has 0 aliphatic carbocycles. The highest BCUT2D eigenvalue weighted by Crippen LogP contribution is 2.21. The first kappa shape index (κ1) is 16.1. The van der Waals surface area contributed by atoms with Crippen molar-refractivity contribution in [1.29, 1.82) is 0 Å². The smallest absolute Gasteiger partial charge is 0.321 e. The molecule has 1 aliphatic rings. The summed E-state index contributed by atoms with van der Waals surface area (Å²) in [6, 6.07) is 15.2. The van der Waals surface area contributed by atoms with E-state index in [1.807, 2.05) is 55.5 Å². The van der Waals surface area contributed by atoms with Crippen LogP contribution in [0.3, 0.4) is 0 Å². The van der Waals surface area contributed by atoms with Gasteiger partial charge in [-0.25, -0.2) is 4.79 Å². The number of nitrogens with zero attached hydrogens (tertiary/aromatic N) is 1. The summed E-state index contributed by atoms with van der Waals surface area (Å²) in [5, 5.41) is 5.73. The highest BCUT2D eigenvalue weighted by molar-refractivity contribution is 5.95. The van der Waals surface area contributed by atoms with Gasteiger partial charge in [0.05, 0.1) is 6.42 Å². The van der Waals surface area contributed by atoms with Crippen LogP contribution in [0.15, 0.2) is 48.5 Å². The molecule has 0 aromatic heterocycles. The van der Waals surface area contributed by atoms with Gasteiger partial charge in [0, 0.05) is 24.5 Å². The van der Waals surface area contributed by atoms with Crippen molar-refractivity contribution in [1.82, 2.24) is 5.32 Å². The number of hydrogen-bond donors (Lipinski definition) is 2. The second-order valence-corrected chi connectivity index (χ2v) is 6.00. The lowest BCUT2D eigenvalue weighted by molar-refractivity contribution is -0.115. The molecule has 0 unspecified atom stereocenters. The number of anilines is 2. The summed E-state index contributed by atoms with van der Waals surface area (Å²) in [7, 11) is 0. The van der Waals surface area contributed by atoms with E-state index in [-0.39, 0.29) is 11.9 Å². The van der Waals surface area contributed by atoms with Crippen LogP contribution < -0.4 is 15.5 Å². The standard InChI is InChI=1S/C19H21N3O2/c1-14-6-8-15(9-7-14)12-18(23)21-16-4-2-5-17(13-16)22-11-3-10-20-19(22)24/h2,4-9,13H,3,10-12H2,1H3,(H,20,24)(H,21,23). The number of carbonyl (C=O) groups excluding carboxylic acids is 2. The number of amides is 3. The van der Waals surface area contributed by atoms with Crippen molar-refractivity contribution >= 4 is 23.3 Å². The summed E-state index contributed by atoms with van der Waals surface area (Å²) in [4.78, 5) is 25.8. The Balaban J connectivity index is 1.66. The minimum Gasteiger partial charge on any atom is -0.338 e. The number of rotatable bonds is 4. The molecule has 1 saturated heterocycles. The summed E-state index contributed by atoms with van der Waals surface area (Å²) >= 11 is 0. The van der Waals surface area contributed by atoms with Crippen LogP contribution in [0.25, 0.3) is 0 Å². The topological polar surface area (TPSA) is 61.4 Å². The molecule has 0 radical (unpaired) electrons. The van der Waals surface area contributed by atoms with Gasteiger partial charge >= 0.3 is 6.03 Å². The van der Waals surface area contributed by atoms with Gasteiger partial charge in [0.25, 0.3) is 0 Å². The van der Waals surface area contributed by atoms with Crippen LogP contribution in [0, 0.1) is 6.92 Å². The van der Waals surface area contributed by atoms with Gasteiger partial charge in [-0.3, -0.25) is 9.69 Å². The van der Waals surface area contributed by atoms with Gasteiger partial charge in [0.15, 0.2) is 0 Å². The largest absolute Gasteiger partial charge is 0.338 e. The van der Waals surface area contributed by atoms with Gasteiger partial charge in [0.1, 0.15) is 0 Å². The summed E-state index contributed by atoms with van der Waals surface area (Å²) in [5.41, 5.74) is 3.64. The number of nitrogens with one attached hydrogen (secondary N) is 2. The first-order chi connectivity index (χ1) is 11.6. The Bertz CT molecular complexity index is 741. The van der Waals surface area contributed by atoms with Crippen LogP contribution in [0.1, 0.15) is 17.5 Å². The maximum absolute atomic E-state index is 12.2. The average molecular weight is 323 g/mol. The molecule has 0 saturated carbocycles. The molecule has 5 nitrogen and oxygen atoms in total. The third-order valence-electron chi connectivity index (χ3n) is 4.01. The van der Waals surface area contributed by atoms with Crippen LogP contribution in [0.2, 0.25) is 0 Å². The third-order valence-corrected chi connectivity index (χ3v) is 4.01. The second-order valence-electron chi connectivity index (χ2n) is 6.00. The van der Waals surface area contributed by atoms with Crippen molar-refractivity contribution in [3.05, 3.63) is 59.7 Å². The number of aryl methyl sites for hydroxylation is 1. The molecule has 2 N–H and O–H groups in total. The molecule has 3 rings (SSSR count). The van der Waals surface area contributed by atoms with E-state index >= 15 is 0 Å². The van der Waals surface area contributed by atoms with Gasteiger partial charge in [-0.05, 0) is 37.1 Å². The number of urea groups is 1. The van der Waals surface area contributed by atoms with Crippen LogP contribution in [-0.2, 0) is 11.2 Å². The Kier molecular flexibility index (Phi) is 4.79. The van der Waals surface area contributed by atoms with Crippen molar-refractivity contribution in [2.75, 3.05) is 23.3 Å². The first-order valence-electron chi connectivity index (χ1n) is 8.13. The minimum absolute atomic E-state index is 0.0703. The molecule has 0 atom stereocenters. The lowest BCUT2D eigenvalue weighted by atomic mass is 10.1. The molecule has 2 aromatic rings. The second kappa shape index (κ2) is 7.17. The quantitative estimate of drug-likeness (QED) is 0.908. The fraction of sp³-hybridized carbons (Fsp3) is 0.263. The van der Waals surface area contributed by atoms with Crippen molar-refractivity contribution in [2.24, 2.45) is 0 Å². The van der Waals surface area contributed by atoms with Gasteiger partial charge in [-0.2, -0.15) is 0 Å². The molecule has 1 heterocycles. The van der Waals surface area contributed by atoms with E-state index in [1.54, 1.807) is 4.90 Å². The highest BCUT2D eigenvalue weighted by Gasteiger charge is 2.19. The van der Waals surface area contributed by atoms with E-state index in [2.05, 4.69) is 10.6 Å².